The number of hydrogen-bond acceptors (Lipinski definition) is 3. The van der Waals surface area contributed by atoms with E-state index in [-0.39, 0.29) is 24.1 Å². The van der Waals surface area contributed by atoms with Crippen molar-refractivity contribution in [1.29, 1.82) is 0 Å². The fourth-order valence-electron chi connectivity index (χ4n) is 2.15. The van der Waals surface area contributed by atoms with Crippen LogP contribution >= 0.6 is 11.6 Å². The third kappa shape index (κ3) is 6.25. The molecule has 1 amide bonds. The maximum absolute atomic E-state index is 12.8. The van der Waals surface area contributed by atoms with E-state index in [0.29, 0.717) is 29.5 Å². The number of methoxy groups -OCH3 is 1. The fraction of sp³-hybridized carbons (Fsp3) is 0.222. The molecule has 0 spiro atoms. The minimum Gasteiger partial charge on any atom is -0.495 e. The zero-order valence-corrected chi connectivity index (χ0v) is 15.0. The topological polar surface area (TPSA) is 88.7 Å². The van der Waals surface area contributed by atoms with Crippen LogP contribution in [0, 0.1) is 5.82 Å². The first-order valence-electron chi connectivity index (χ1n) is 7.89. The van der Waals surface area contributed by atoms with Crippen LogP contribution in [-0.4, -0.2) is 32.1 Å². The van der Waals surface area contributed by atoms with Crippen LogP contribution in [-0.2, 0) is 11.2 Å². The van der Waals surface area contributed by atoms with E-state index in [4.69, 9.17) is 22.1 Å². The van der Waals surface area contributed by atoms with E-state index in [0.717, 1.165) is 5.56 Å². The van der Waals surface area contributed by atoms with Gasteiger partial charge in [-0.05, 0) is 35.9 Å². The van der Waals surface area contributed by atoms with E-state index in [2.05, 4.69) is 15.6 Å². The van der Waals surface area contributed by atoms with E-state index < -0.39 is 0 Å². The summed E-state index contributed by atoms with van der Waals surface area (Å²) in [7, 11) is 1.54. The Morgan fingerprint density at radius 2 is 2.00 bits per heavy atom. The molecule has 8 heteroatoms. The van der Waals surface area contributed by atoms with Crippen LogP contribution in [0.1, 0.15) is 5.56 Å². The molecule has 2 aromatic rings. The summed E-state index contributed by atoms with van der Waals surface area (Å²) in [5, 5.41) is 6.09. The van der Waals surface area contributed by atoms with Gasteiger partial charge >= 0.3 is 0 Å². The van der Waals surface area contributed by atoms with Crippen molar-refractivity contribution >= 4 is 29.2 Å². The van der Waals surface area contributed by atoms with Crippen LogP contribution in [0.5, 0.6) is 5.75 Å². The quantitative estimate of drug-likeness (QED) is 0.392. The number of ether oxygens (including phenoxy) is 1. The molecule has 2 aromatic carbocycles. The molecule has 0 fully saturated rings. The number of carbonyl (C=O) groups is 1. The van der Waals surface area contributed by atoms with Crippen molar-refractivity contribution in [1.82, 2.24) is 5.32 Å². The van der Waals surface area contributed by atoms with Crippen molar-refractivity contribution < 1.29 is 13.9 Å². The highest BCUT2D eigenvalue weighted by atomic mass is 35.5. The minimum atomic E-state index is -0.329. The second-order valence-corrected chi connectivity index (χ2v) is 5.80. The van der Waals surface area contributed by atoms with E-state index in [1.165, 1.54) is 19.2 Å². The molecular weight excluding hydrogens is 359 g/mol. The molecule has 138 valence electrons. The molecule has 4 N–H and O–H groups in total. The molecule has 2 rings (SSSR count). The first kappa shape index (κ1) is 19.5. The molecule has 0 saturated carbocycles. The van der Waals surface area contributed by atoms with E-state index in [9.17, 15) is 9.18 Å². The number of carbonyl (C=O) groups excluding carboxylic acids is 1. The molecule has 6 nitrogen and oxygen atoms in total. The maximum Gasteiger partial charge on any atom is 0.224 e. The van der Waals surface area contributed by atoms with Gasteiger partial charge in [-0.1, -0.05) is 23.7 Å². The second-order valence-electron chi connectivity index (χ2n) is 5.39. The SMILES string of the molecule is COc1ccc(NC(N)=NCCNC(=O)Cc2ccc(F)cc2)cc1Cl. The second kappa shape index (κ2) is 9.62. The maximum atomic E-state index is 12.8. The van der Waals surface area contributed by atoms with Crippen LogP contribution < -0.4 is 21.1 Å². The van der Waals surface area contributed by atoms with Crippen molar-refractivity contribution in [2.45, 2.75) is 6.42 Å². The summed E-state index contributed by atoms with van der Waals surface area (Å²) in [6.45, 7) is 0.656. The average Bonchev–Trinajstić information content (AvgIpc) is 2.61. The van der Waals surface area contributed by atoms with Gasteiger partial charge in [-0.15, -0.1) is 0 Å². The highest BCUT2D eigenvalue weighted by Gasteiger charge is 2.04. The number of rotatable bonds is 7. The Morgan fingerprint density at radius 3 is 2.65 bits per heavy atom. The summed E-state index contributed by atoms with van der Waals surface area (Å²) in [5.41, 5.74) is 7.22. The number of nitrogens with zero attached hydrogens (tertiary/aromatic N) is 1. The standard InChI is InChI=1S/C18H20ClFN4O2/c1-26-16-7-6-14(11-15(16)19)24-18(21)23-9-8-22-17(25)10-12-2-4-13(20)5-3-12/h2-7,11H,8-10H2,1H3,(H,22,25)(H3,21,23,24). The van der Waals surface area contributed by atoms with Gasteiger partial charge in [0, 0.05) is 12.2 Å². The van der Waals surface area contributed by atoms with Gasteiger partial charge in [0.2, 0.25) is 5.91 Å². The van der Waals surface area contributed by atoms with Crippen molar-refractivity contribution in [2.24, 2.45) is 10.7 Å². The van der Waals surface area contributed by atoms with Crippen LogP contribution in [0.25, 0.3) is 0 Å². The monoisotopic (exact) mass is 378 g/mol. The lowest BCUT2D eigenvalue weighted by Crippen LogP contribution is -2.29. The number of nitrogens with one attached hydrogen (secondary N) is 2. The normalized spacial score (nSPS) is 11.1. The number of anilines is 1. The number of benzene rings is 2. The average molecular weight is 379 g/mol. The van der Waals surface area contributed by atoms with Crippen LogP contribution in [0.2, 0.25) is 5.02 Å². The lowest BCUT2D eigenvalue weighted by molar-refractivity contribution is -0.120. The summed E-state index contributed by atoms with van der Waals surface area (Å²) in [4.78, 5) is 15.9. The Kier molecular flexibility index (Phi) is 7.23. The molecule has 0 saturated heterocycles. The molecule has 0 unspecified atom stereocenters. The molecule has 0 aliphatic heterocycles. The number of nitrogens with two attached hydrogens (primary N) is 1. The molecule has 0 radical (unpaired) electrons. The Balaban J connectivity index is 1.74. The molecule has 0 atom stereocenters. The van der Waals surface area contributed by atoms with Gasteiger partial charge in [0.1, 0.15) is 11.6 Å². The summed E-state index contributed by atoms with van der Waals surface area (Å²) in [5.74, 6) is 0.278. The Labute approximate surface area is 156 Å². The highest BCUT2D eigenvalue weighted by Crippen LogP contribution is 2.26. The van der Waals surface area contributed by atoms with Gasteiger partial charge < -0.3 is 21.1 Å². The summed E-state index contributed by atoms with van der Waals surface area (Å²) < 4.78 is 17.9. The van der Waals surface area contributed by atoms with Gasteiger partial charge in [-0.25, -0.2) is 4.39 Å². The summed E-state index contributed by atoms with van der Waals surface area (Å²) >= 11 is 6.04. The first-order valence-corrected chi connectivity index (χ1v) is 8.27. The number of halogens is 2. The zero-order valence-electron chi connectivity index (χ0n) is 14.3. The predicted octanol–water partition coefficient (Wildman–Crippen LogP) is 2.57. The highest BCUT2D eigenvalue weighted by molar-refractivity contribution is 6.32. The minimum absolute atomic E-state index is 0.166. The first-order chi connectivity index (χ1) is 12.5. The van der Waals surface area contributed by atoms with Crippen molar-refractivity contribution in [3.05, 3.63) is 58.9 Å². The van der Waals surface area contributed by atoms with E-state index >= 15 is 0 Å². The lowest BCUT2D eigenvalue weighted by atomic mass is 10.1. The Hall–Kier alpha value is -2.80. The number of guanidine groups is 1. The number of aliphatic imine (C=N–C) groups is 1. The largest absolute Gasteiger partial charge is 0.495 e. The molecule has 0 heterocycles. The van der Waals surface area contributed by atoms with Gasteiger partial charge in [0.05, 0.1) is 25.1 Å². The molecule has 26 heavy (non-hydrogen) atoms. The van der Waals surface area contributed by atoms with Crippen molar-refractivity contribution in [2.75, 3.05) is 25.5 Å². The Morgan fingerprint density at radius 1 is 1.27 bits per heavy atom. The van der Waals surface area contributed by atoms with Crippen LogP contribution in [0.15, 0.2) is 47.5 Å². The Bertz CT molecular complexity index is 781. The van der Waals surface area contributed by atoms with Gasteiger partial charge in [-0.2, -0.15) is 0 Å². The van der Waals surface area contributed by atoms with Crippen LogP contribution in [0.3, 0.4) is 0 Å². The number of hydrogen-bond donors (Lipinski definition) is 3. The lowest BCUT2D eigenvalue weighted by Gasteiger charge is -2.08. The van der Waals surface area contributed by atoms with Crippen molar-refractivity contribution in [3.63, 3.8) is 0 Å². The van der Waals surface area contributed by atoms with Gasteiger partial charge in [0.15, 0.2) is 5.96 Å². The smallest absolute Gasteiger partial charge is 0.224 e. The van der Waals surface area contributed by atoms with Crippen molar-refractivity contribution in [3.8, 4) is 5.75 Å². The zero-order chi connectivity index (χ0) is 18.9. The van der Waals surface area contributed by atoms with Crippen LogP contribution in [0.4, 0.5) is 10.1 Å². The predicted molar refractivity (Wildman–Crippen MR) is 101 cm³/mol. The fourth-order valence-corrected chi connectivity index (χ4v) is 2.41. The summed E-state index contributed by atoms with van der Waals surface area (Å²) in [6, 6.07) is 11.0. The molecule has 0 aliphatic carbocycles. The molecule has 0 aromatic heterocycles. The van der Waals surface area contributed by atoms with E-state index in [1.54, 1.807) is 30.3 Å². The summed E-state index contributed by atoms with van der Waals surface area (Å²) in [6.07, 6.45) is 0.183. The molecule has 0 bridgehead atoms. The number of amides is 1. The third-order valence-electron chi connectivity index (χ3n) is 3.42. The van der Waals surface area contributed by atoms with Gasteiger partial charge in [0.25, 0.3) is 0 Å². The van der Waals surface area contributed by atoms with E-state index in [1.807, 2.05) is 0 Å². The molecule has 0 aliphatic rings. The third-order valence-corrected chi connectivity index (χ3v) is 3.71. The van der Waals surface area contributed by atoms with Gasteiger partial charge in [-0.3, -0.25) is 9.79 Å². The molecular formula is C18H20ClFN4O2.